The van der Waals surface area contributed by atoms with E-state index in [1.54, 1.807) is 0 Å². The van der Waals surface area contributed by atoms with Gasteiger partial charge in [0.25, 0.3) is 0 Å². The van der Waals surface area contributed by atoms with Gasteiger partial charge in [0.05, 0.1) is 17.6 Å². The molecule has 0 saturated heterocycles. The molecule has 4 heteroatoms. The van der Waals surface area contributed by atoms with Gasteiger partial charge in [0.2, 0.25) is 0 Å². The lowest BCUT2D eigenvalue weighted by Crippen LogP contribution is -2.27. The fourth-order valence-electron chi connectivity index (χ4n) is 3.10. The Morgan fingerprint density at radius 2 is 2.20 bits per heavy atom. The summed E-state index contributed by atoms with van der Waals surface area (Å²) in [6, 6.07) is 9.01. The highest BCUT2D eigenvalue weighted by atomic mass is 32.2. The minimum Gasteiger partial charge on any atom is -0.330 e. The van der Waals surface area contributed by atoms with Crippen molar-refractivity contribution >= 4 is 22.8 Å². The lowest BCUT2D eigenvalue weighted by atomic mass is 10.2. The van der Waals surface area contributed by atoms with E-state index in [1.165, 1.54) is 30.5 Å². The maximum Gasteiger partial charge on any atom is 0.123 e. The third-order valence-electron chi connectivity index (χ3n) is 4.22. The zero-order chi connectivity index (χ0) is 13.9. The number of aryl methyl sites for hydroxylation is 1. The molecule has 1 N–H and O–H groups in total. The van der Waals surface area contributed by atoms with Crippen LogP contribution in [0.25, 0.3) is 11.0 Å². The second kappa shape index (κ2) is 6.19. The first-order valence-corrected chi connectivity index (χ1v) is 8.58. The van der Waals surface area contributed by atoms with Crippen molar-refractivity contribution in [3.8, 4) is 0 Å². The van der Waals surface area contributed by atoms with Crippen molar-refractivity contribution in [2.45, 2.75) is 44.0 Å². The largest absolute Gasteiger partial charge is 0.330 e. The highest BCUT2D eigenvalue weighted by molar-refractivity contribution is 7.99. The molecule has 108 valence electrons. The van der Waals surface area contributed by atoms with Crippen molar-refractivity contribution in [3.05, 3.63) is 30.1 Å². The van der Waals surface area contributed by atoms with Gasteiger partial charge in [-0.3, -0.25) is 0 Å². The number of hydrogen-bond donors (Lipinski definition) is 1. The third kappa shape index (κ3) is 2.86. The molecular weight excluding hydrogens is 266 g/mol. The van der Waals surface area contributed by atoms with Crippen LogP contribution in [0.2, 0.25) is 0 Å². The summed E-state index contributed by atoms with van der Waals surface area (Å²) < 4.78 is 2.20. The molecule has 1 aromatic carbocycles. The van der Waals surface area contributed by atoms with Crippen LogP contribution in [0.3, 0.4) is 0 Å². The van der Waals surface area contributed by atoms with Crippen LogP contribution < -0.4 is 5.32 Å². The van der Waals surface area contributed by atoms with E-state index < -0.39 is 0 Å². The molecule has 3 rings (SSSR count). The number of fused-ring (bicyclic) bond motifs is 1. The van der Waals surface area contributed by atoms with E-state index in [1.807, 2.05) is 0 Å². The van der Waals surface area contributed by atoms with Gasteiger partial charge in [0, 0.05) is 18.3 Å². The van der Waals surface area contributed by atoms with Crippen molar-refractivity contribution in [3.63, 3.8) is 0 Å². The molecule has 0 spiro atoms. The van der Waals surface area contributed by atoms with E-state index in [2.05, 4.69) is 59.9 Å². The van der Waals surface area contributed by atoms with Crippen molar-refractivity contribution in [1.82, 2.24) is 14.9 Å². The second-order valence-corrected chi connectivity index (χ2v) is 7.12. The van der Waals surface area contributed by atoms with Crippen LogP contribution >= 0.6 is 11.8 Å². The highest BCUT2D eigenvalue weighted by Gasteiger charge is 2.24. The monoisotopic (exact) mass is 289 g/mol. The molecule has 0 radical (unpaired) electrons. The Morgan fingerprint density at radius 1 is 1.35 bits per heavy atom. The first kappa shape index (κ1) is 14.0. The number of rotatable bonds is 5. The van der Waals surface area contributed by atoms with Gasteiger partial charge < -0.3 is 9.88 Å². The molecule has 2 unspecified atom stereocenters. The SMILES string of the molecule is CCSC1CCC(NCc2nc3ccccc3n2C)C1. The molecule has 2 atom stereocenters. The van der Waals surface area contributed by atoms with Gasteiger partial charge in [-0.1, -0.05) is 19.1 Å². The van der Waals surface area contributed by atoms with Crippen LogP contribution in [0, 0.1) is 0 Å². The lowest BCUT2D eigenvalue weighted by molar-refractivity contribution is 0.509. The Kier molecular flexibility index (Phi) is 4.32. The summed E-state index contributed by atoms with van der Waals surface area (Å²) in [5, 5.41) is 4.55. The number of nitrogens with zero attached hydrogens (tertiary/aromatic N) is 2. The molecule has 1 aliphatic carbocycles. The number of imidazole rings is 1. The summed E-state index contributed by atoms with van der Waals surface area (Å²) in [5.41, 5.74) is 2.31. The van der Waals surface area contributed by atoms with Gasteiger partial charge in [-0.05, 0) is 37.1 Å². The summed E-state index contributed by atoms with van der Waals surface area (Å²) in [4.78, 5) is 4.72. The van der Waals surface area contributed by atoms with Crippen molar-refractivity contribution < 1.29 is 0 Å². The first-order valence-electron chi connectivity index (χ1n) is 7.53. The minimum absolute atomic E-state index is 0.666. The Bertz CT molecular complexity index is 578. The van der Waals surface area contributed by atoms with Crippen LogP contribution in [0.5, 0.6) is 0 Å². The molecule has 0 bridgehead atoms. The molecule has 1 saturated carbocycles. The predicted molar refractivity (Wildman–Crippen MR) is 87.1 cm³/mol. The molecule has 1 fully saturated rings. The van der Waals surface area contributed by atoms with Crippen LogP contribution in [-0.2, 0) is 13.6 Å². The van der Waals surface area contributed by atoms with Gasteiger partial charge in [-0.2, -0.15) is 11.8 Å². The number of hydrogen-bond acceptors (Lipinski definition) is 3. The first-order chi connectivity index (χ1) is 9.78. The quantitative estimate of drug-likeness (QED) is 0.915. The Hall–Kier alpha value is -1.00. The van der Waals surface area contributed by atoms with E-state index in [9.17, 15) is 0 Å². The highest BCUT2D eigenvalue weighted by Crippen LogP contribution is 2.29. The van der Waals surface area contributed by atoms with E-state index in [-0.39, 0.29) is 0 Å². The predicted octanol–water partition coefficient (Wildman–Crippen LogP) is 3.34. The molecule has 20 heavy (non-hydrogen) atoms. The molecule has 3 nitrogen and oxygen atoms in total. The van der Waals surface area contributed by atoms with Crippen LogP contribution in [-0.4, -0.2) is 26.6 Å². The number of aromatic nitrogens is 2. The van der Waals surface area contributed by atoms with Gasteiger partial charge in [0.1, 0.15) is 5.82 Å². The fraction of sp³-hybridized carbons (Fsp3) is 0.562. The molecule has 0 aliphatic heterocycles. The topological polar surface area (TPSA) is 29.9 Å². The Labute approximate surface area is 125 Å². The molecular formula is C16H23N3S. The number of para-hydroxylation sites is 2. The summed E-state index contributed by atoms with van der Waals surface area (Å²) in [5.74, 6) is 2.38. The summed E-state index contributed by atoms with van der Waals surface area (Å²) >= 11 is 2.11. The molecule has 2 aromatic rings. The van der Waals surface area contributed by atoms with Crippen LogP contribution in [0.4, 0.5) is 0 Å². The third-order valence-corrected chi connectivity index (χ3v) is 5.45. The van der Waals surface area contributed by atoms with Gasteiger partial charge in [0.15, 0.2) is 0 Å². The van der Waals surface area contributed by atoms with Crippen molar-refractivity contribution in [1.29, 1.82) is 0 Å². The van der Waals surface area contributed by atoms with E-state index in [0.29, 0.717) is 6.04 Å². The van der Waals surface area contributed by atoms with Crippen LogP contribution in [0.1, 0.15) is 32.0 Å². The number of thioether (sulfide) groups is 1. The molecule has 1 aromatic heterocycles. The zero-order valence-corrected chi connectivity index (χ0v) is 13.1. The van der Waals surface area contributed by atoms with Gasteiger partial charge in [-0.15, -0.1) is 0 Å². The van der Waals surface area contributed by atoms with Gasteiger partial charge >= 0.3 is 0 Å². The zero-order valence-electron chi connectivity index (χ0n) is 12.3. The molecule has 1 heterocycles. The average molecular weight is 289 g/mol. The molecule has 1 aliphatic rings. The standard InChI is InChI=1S/C16H23N3S/c1-3-20-13-9-8-12(10-13)17-11-16-18-14-6-4-5-7-15(14)19(16)2/h4-7,12-13,17H,3,8-11H2,1-2H3. The van der Waals surface area contributed by atoms with Crippen molar-refractivity contribution in [2.24, 2.45) is 7.05 Å². The summed E-state index contributed by atoms with van der Waals surface area (Å²) in [7, 11) is 2.11. The smallest absolute Gasteiger partial charge is 0.123 e. The van der Waals surface area contributed by atoms with E-state index in [4.69, 9.17) is 4.98 Å². The normalized spacial score (nSPS) is 22.7. The summed E-state index contributed by atoms with van der Waals surface area (Å²) in [6.45, 7) is 3.13. The van der Waals surface area contributed by atoms with Crippen molar-refractivity contribution in [2.75, 3.05) is 5.75 Å². The van der Waals surface area contributed by atoms with Gasteiger partial charge in [-0.25, -0.2) is 4.98 Å². The van der Waals surface area contributed by atoms with Crippen LogP contribution in [0.15, 0.2) is 24.3 Å². The second-order valence-electron chi connectivity index (χ2n) is 5.54. The lowest BCUT2D eigenvalue weighted by Gasteiger charge is -2.12. The Balaban J connectivity index is 1.62. The molecule has 0 amide bonds. The minimum atomic E-state index is 0.666. The maximum atomic E-state index is 4.72. The van der Waals surface area contributed by atoms with E-state index in [0.717, 1.165) is 23.1 Å². The number of nitrogens with one attached hydrogen (secondary N) is 1. The maximum absolute atomic E-state index is 4.72. The average Bonchev–Trinajstić information content (AvgIpc) is 3.03. The Morgan fingerprint density at radius 3 is 3.00 bits per heavy atom. The van der Waals surface area contributed by atoms with E-state index >= 15 is 0 Å². The number of benzene rings is 1. The summed E-state index contributed by atoms with van der Waals surface area (Å²) in [6.07, 6.45) is 3.97. The fourth-order valence-corrected chi connectivity index (χ4v) is 4.24.